The highest BCUT2D eigenvalue weighted by Crippen LogP contribution is 2.38. The molecule has 1 aromatic carbocycles. The number of nitrogens with zero attached hydrogens (tertiary/aromatic N) is 2. The molecule has 1 aliphatic heterocycles. The largest absolute Gasteiger partial charge is 0.497 e. The molecular weight excluding hydrogens is 268 g/mol. The Hall–Kier alpha value is -1.85. The molecule has 112 valence electrons. The molecule has 5 heteroatoms. The van der Waals surface area contributed by atoms with Crippen LogP contribution in [0, 0.1) is 0 Å². The number of ether oxygens (including phenoxy) is 3. The highest BCUT2D eigenvalue weighted by molar-refractivity contribution is 5.30. The summed E-state index contributed by atoms with van der Waals surface area (Å²) in [6.45, 7) is 3.43. The Labute approximate surface area is 124 Å². The molecular formula is C16H20N2O3. The summed E-state index contributed by atoms with van der Waals surface area (Å²) in [6.07, 6.45) is 6.36. The molecule has 1 saturated heterocycles. The number of rotatable bonds is 5. The van der Waals surface area contributed by atoms with E-state index in [-0.39, 0.29) is 6.10 Å². The fourth-order valence-corrected chi connectivity index (χ4v) is 2.61. The maximum atomic E-state index is 6.11. The summed E-state index contributed by atoms with van der Waals surface area (Å²) in [5.41, 5.74) is 1.02. The number of aromatic nitrogens is 2. The van der Waals surface area contributed by atoms with Gasteiger partial charge in [-0.25, -0.2) is 4.98 Å². The Morgan fingerprint density at radius 2 is 2.19 bits per heavy atom. The summed E-state index contributed by atoms with van der Waals surface area (Å²) < 4.78 is 19.4. The molecule has 0 N–H and O–H groups in total. The molecule has 0 bridgehead atoms. The number of hydrogen-bond donors (Lipinski definition) is 0. The molecule has 1 aromatic heterocycles. The smallest absolute Gasteiger partial charge is 0.197 e. The second kappa shape index (κ2) is 5.87. The van der Waals surface area contributed by atoms with Crippen LogP contribution in [0.3, 0.4) is 0 Å². The molecule has 0 radical (unpaired) electrons. The van der Waals surface area contributed by atoms with Gasteiger partial charge in [0.05, 0.1) is 26.1 Å². The van der Waals surface area contributed by atoms with Gasteiger partial charge >= 0.3 is 0 Å². The third kappa shape index (κ3) is 2.94. The molecule has 0 aliphatic carbocycles. The van der Waals surface area contributed by atoms with E-state index in [1.54, 1.807) is 19.6 Å². The Balaban J connectivity index is 1.82. The van der Waals surface area contributed by atoms with Gasteiger partial charge in [-0.15, -0.1) is 0 Å². The standard InChI is InChI=1S/C16H20N2O3/c1-13-11-20-16(21-13,7-9-18-10-8-17-12-18)14-3-5-15(19-2)6-4-14/h3-6,8,10,12-13H,7,9,11H2,1-2H3. The first kappa shape index (κ1) is 14.1. The van der Waals surface area contributed by atoms with Crippen LogP contribution < -0.4 is 4.74 Å². The van der Waals surface area contributed by atoms with Crippen molar-refractivity contribution in [3.05, 3.63) is 48.5 Å². The van der Waals surface area contributed by atoms with E-state index in [0.717, 1.165) is 24.3 Å². The number of imidazole rings is 1. The highest BCUT2D eigenvalue weighted by atomic mass is 16.7. The van der Waals surface area contributed by atoms with Crippen molar-refractivity contribution >= 4 is 0 Å². The molecule has 1 aliphatic rings. The van der Waals surface area contributed by atoms with Gasteiger partial charge in [-0.05, 0) is 31.2 Å². The van der Waals surface area contributed by atoms with Crippen molar-refractivity contribution in [2.75, 3.05) is 13.7 Å². The van der Waals surface area contributed by atoms with Crippen molar-refractivity contribution in [2.45, 2.75) is 31.8 Å². The van der Waals surface area contributed by atoms with Crippen molar-refractivity contribution in [3.63, 3.8) is 0 Å². The van der Waals surface area contributed by atoms with Gasteiger partial charge in [-0.2, -0.15) is 0 Å². The molecule has 1 fully saturated rings. The third-order valence-electron chi connectivity index (χ3n) is 3.73. The molecule has 2 heterocycles. The Morgan fingerprint density at radius 3 is 2.76 bits per heavy atom. The second-order valence-corrected chi connectivity index (χ2v) is 5.27. The lowest BCUT2D eigenvalue weighted by molar-refractivity contribution is -0.182. The maximum Gasteiger partial charge on any atom is 0.197 e. The van der Waals surface area contributed by atoms with E-state index in [4.69, 9.17) is 14.2 Å². The predicted molar refractivity (Wildman–Crippen MR) is 78.0 cm³/mol. The molecule has 2 unspecified atom stereocenters. The minimum atomic E-state index is -0.685. The fraction of sp³-hybridized carbons (Fsp3) is 0.438. The molecule has 2 atom stereocenters. The lowest BCUT2D eigenvalue weighted by atomic mass is 10.0. The number of hydrogen-bond acceptors (Lipinski definition) is 4. The van der Waals surface area contributed by atoms with Gasteiger partial charge in [0.2, 0.25) is 0 Å². The van der Waals surface area contributed by atoms with Gasteiger partial charge in [-0.3, -0.25) is 0 Å². The first-order valence-electron chi connectivity index (χ1n) is 7.14. The SMILES string of the molecule is COc1ccc(C2(CCn3ccnc3)OCC(C)O2)cc1. The van der Waals surface area contributed by atoms with E-state index in [9.17, 15) is 0 Å². The van der Waals surface area contributed by atoms with Crippen molar-refractivity contribution in [1.29, 1.82) is 0 Å². The zero-order valence-electron chi connectivity index (χ0n) is 12.4. The molecule has 0 spiro atoms. The zero-order valence-corrected chi connectivity index (χ0v) is 12.4. The van der Waals surface area contributed by atoms with Crippen LogP contribution in [-0.4, -0.2) is 29.4 Å². The second-order valence-electron chi connectivity index (χ2n) is 5.27. The summed E-state index contributed by atoms with van der Waals surface area (Å²) >= 11 is 0. The van der Waals surface area contributed by atoms with Crippen LogP contribution >= 0.6 is 0 Å². The molecule has 5 nitrogen and oxygen atoms in total. The lowest BCUT2D eigenvalue weighted by Gasteiger charge is -2.28. The van der Waals surface area contributed by atoms with Crippen LogP contribution in [0.25, 0.3) is 0 Å². The van der Waals surface area contributed by atoms with Gasteiger partial charge in [-0.1, -0.05) is 0 Å². The van der Waals surface area contributed by atoms with Gasteiger partial charge in [0.15, 0.2) is 5.79 Å². The average Bonchev–Trinajstić information content (AvgIpc) is 3.16. The minimum absolute atomic E-state index is 0.0925. The molecule has 3 rings (SSSR count). The Kier molecular flexibility index (Phi) is 3.94. The molecule has 0 amide bonds. The first-order valence-corrected chi connectivity index (χ1v) is 7.14. The van der Waals surface area contributed by atoms with Crippen LogP contribution in [0.4, 0.5) is 0 Å². The van der Waals surface area contributed by atoms with E-state index >= 15 is 0 Å². The topological polar surface area (TPSA) is 45.5 Å². The zero-order chi connectivity index (χ0) is 14.7. The summed E-state index contributed by atoms with van der Waals surface area (Å²) in [5.74, 6) is 0.144. The third-order valence-corrected chi connectivity index (χ3v) is 3.73. The van der Waals surface area contributed by atoms with Crippen molar-refractivity contribution < 1.29 is 14.2 Å². The van der Waals surface area contributed by atoms with Gasteiger partial charge < -0.3 is 18.8 Å². The van der Waals surface area contributed by atoms with E-state index in [1.165, 1.54) is 0 Å². The predicted octanol–water partition coefficient (Wildman–Crippen LogP) is 2.57. The van der Waals surface area contributed by atoms with Crippen LogP contribution in [0.2, 0.25) is 0 Å². The number of methoxy groups -OCH3 is 1. The first-order chi connectivity index (χ1) is 10.2. The Morgan fingerprint density at radius 1 is 1.38 bits per heavy atom. The summed E-state index contributed by atoms with van der Waals surface area (Å²) in [5, 5.41) is 0. The molecule has 2 aromatic rings. The molecule has 21 heavy (non-hydrogen) atoms. The summed E-state index contributed by atoms with van der Waals surface area (Å²) in [7, 11) is 1.66. The monoisotopic (exact) mass is 288 g/mol. The number of benzene rings is 1. The van der Waals surface area contributed by atoms with E-state index in [2.05, 4.69) is 4.98 Å². The Bertz CT molecular complexity index is 568. The summed E-state index contributed by atoms with van der Waals surface area (Å²) in [4.78, 5) is 4.07. The van der Waals surface area contributed by atoms with Gasteiger partial charge in [0.25, 0.3) is 0 Å². The van der Waals surface area contributed by atoms with Crippen molar-refractivity contribution in [2.24, 2.45) is 0 Å². The number of aryl methyl sites for hydroxylation is 1. The fourth-order valence-electron chi connectivity index (χ4n) is 2.61. The minimum Gasteiger partial charge on any atom is -0.497 e. The van der Waals surface area contributed by atoms with Crippen LogP contribution in [0.15, 0.2) is 43.0 Å². The van der Waals surface area contributed by atoms with Crippen LogP contribution in [0.5, 0.6) is 5.75 Å². The van der Waals surface area contributed by atoms with Gasteiger partial charge in [0.1, 0.15) is 5.75 Å². The summed E-state index contributed by atoms with van der Waals surface area (Å²) in [6, 6.07) is 7.88. The van der Waals surface area contributed by atoms with Crippen LogP contribution in [-0.2, 0) is 21.8 Å². The van der Waals surface area contributed by atoms with E-state index in [1.807, 2.05) is 42.0 Å². The van der Waals surface area contributed by atoms with Gasteiger partial charge in [0, 0.05) is 30.9 Å². The van der Waals surface area contributed by atoms with Crippen LogP contribution in [0.1, 0.15) is 18.9 Å². The van der Waals surface area contributed by atoms with Crippen molar-refractivity contribution in [1.82, 2.24) is 9.55 Å². The van der Waals surface area contributed by atoms with E-state index < -0.39 is 5.79 Å². The normalized spacial score (nSPS) is 25.1. The quantitative estimate of drug-likeness (QED) is 0.848. The van der Waals surface area contributed by atoms with Crippen molar-refractivity contribution in [3.8, 4) is 5.75 Å². The highest BCUT2D eigenvalue weighted by Gasteiger charge is 2.41. The maximum absolute atomic E-state index is 6.11. The average molecular weight is 288 g/mol. The van der Waals surface area contributed by atoms with E-state index in [0.29, 0.717) is 6.61 Å². The molecule has 0 saturated carbocycles. The lowest BCUT2D eigenvalue weighted by Crippen LogP contribution is -2.29.